The molecular formula is C113H76N2S2. The van der Waals surface area contributed by atoms with Gasteiger partial charge >= 0.3 is 0 Å². The van der Waals surface area contributed by atoms with E-state index < -0.39 is 10.8 Å². The van der Waals surface area contributed by atoms with Crippen LogP contribution < -0.4 is 9.80 Å². The molecule has 550 valence electrons. The number of anilines is 5. The predicted molar refractivity (Wildman–Crippen MR) is 494 cm³/mol. The molecule has 7 aliphatic carbocycles. The van der Waals surface area contributed by atoms with Crippen LogP contribution in [-0.2, 0) is 16.2 Å². The summed E-state index contributed by atoms with van der Waals surface area (Å²) < 4.78 is 5.29. The maximum absolute atomic E-state index is 2.65. The number of rotatable bonds is 10. The van der Waals surface area contributed by atoms with Gasteiger partial charge in [0, 0.05) is 74.2 Å². The number of hydrogen-bond donors (Lipinski definition) is 0. The van der Waals surface area contributed by atoms with E-state index in [1.54, 1.807) is 0 Å². The van der Waals surface area contributed by atoms with Gasteiger partial charge in [0.1, 0.15) is 0 Å². The molecule has 4 heteroatoms. The van der Waals surface area contributed by atoms with Gasteiger partial charge in [0.15, 0.2) is 0 Å². The maximum Gasteiger partial charge on any atom is 0.0726 e. The second kappa shape index (κ2) is 25.3. The molecule has 0 fully saturated rings. The van der Waals surface area contributed by atoms with Crippen LogP contribution in [0.5, 0.6) is 0 Å². The zero-order valence-electron chi connectivity index (χ0n) is 64.8. The van der Waals surface area contributed by atoms with Gasteiger partial charge in [0.25, 0.3) is 0 Å². The molecule has 0 saturated carbocycles. The van der Waals surface area contributed by atoms with E-state index in [4.69, 9.17) is 0 Å². The lowest BCUT2D eigenvalue weighted by Crippen LogP contribution is -2.29. The Morgan fingerprint density at radius 2 is 0.701 bits per heavy atom. The Kier molecular flexibility index (Phi) is 14.4. The number of thiophene rings is 2. The van der Waals surface area contributed by atoms with Crippen LogP contribution in [0.4, 0.5) is 28.4 Å². The van der Waals surface area contributed by atoms with Crippen LogP contribution >= 0.6 is 22.7 Å². The van der Waals surface area contributed by atoms with Crippen LogP contribution in [0.2, 0.25) is 0 Å². The van der Waals surface area contributed by atoms with Crippen LogP contribution in [-0.4, -0.2) is 0 Å². The van der Waals surface area contributed by atoms with Gasteiger partial charge in [-0.25, -0.2) is 0 Å². The van der Waals surface area contributed by atoms with Crippen molar-refractivity contribution in [2.75, 3.05) is 9.80 Å². The van der Waals surface area contributed by atoms with E-state index in [0.29, 0.717) is 5.92 Å². The predicted octanol–water partition coefficient (Wildman–Crippen LogP) is 30.6. The fourth-order valence-electron chi connectivity index (χ4n) is 22.5. The van der Waals surface area contributed by atoms with Gasteiger partial charge in [-0.2, -0.15) is 0 Å². The highest BCUT2D eigenvalue weighted by molar-refractivity contribution is 7.26. The molecule has 0 N–H and O–H groups in total. The van der Waals surface area contributed by atoms with E-state index in [2.05, 4.69) is 406 Å². The van der Waals surface area contributed by atoms with Gasteiger partial charge in [-0.15, -0.1) is 22.7 Å². The monoisotopic (exact) mass is 1520 g/mol. The van der Waals surface area contributed by atoms with Crippen molar-refractivity contribution < 1.29 is 0 Å². The highest BCUT2D eigenvalue weighted by Crippen LogP contribution is 2.68. The molecule has 2 spiro atoms. The quantitative estimate of drug-likeness (QED) is 0.135. The number of nitrogens with zero attached hydrogens (tertiary/aromatic N) is 2. The number of fused-ring (bicyclic) bond motifs is 29. The lowest BCUT2D eigenvalue weighted by molar-refractivity contribution is 0.406. The molecule has 0 radical (unpaired) electrons. The molecule has 0 bridgehead atoms. The molecule has 25 rings (SSSR count). The van der Waals surface area contributed by atoms with Gasteiger partial charge in [-0.1, -0.05) is 323 Å². The highest BCUT2D eigenvalue weighted by atomic mass is 32.1. The molecule has 0 amide bonds. The summed E-state index contributed by atoms with van der Waals surface area (Å²) in [7, 11) is 0. The molecule has 0 aliphatic heterocycles. The third-order valence-corrected chi connectivity index (χ3v) is 30.0. The van der Waals surface area contributed by atoms with Gasteiger partial charge in [-0.3, -0.25) is 0 Å². The van der Waals surface area contributed by atoms with E-state index in [0.717, 1.165) is 42.0 Å². The smallest absolute Gasteiger partial charge is 0.0726 e. The molecule has 2 atom stereocenters. The minimum atomic E-state index is -0.601. The van der Waals surface area contributed by atoms with Crippen molar-refractivity contribution in [3.8, 4) is 66.8 Å². The summed E-state index contributed by atoms with van der Waals surface area (Å²) in [5.74, 6) is 0.303. The molecule has 2 heterocycles. The van der Waals surface area contributed by atoms with Crippen molar-refractivity contribution in [3.05, 3.63) is 455 Å². The first-order chi connectivity index (χ1) is 57.8. The SMILES string of the molecule is CC1(C)c2ccccc2C2=CC=C(N(c3ccc(-c4cccc5c4sc4ccccc45)cc3)c3cccc4c3-c3ccccc3C43c4ccccc4-c4ccc(C5=CCCC(c6ccc(N(c7ccc(-c8cccc9c8sc8ccccc89)cc7)c7cccc8c7-c7ccccc7C87c8ccccc8-c8ccccc87)cc6)=C5)cc43)CC21. The zero-order valence-corrected chi connectivity index (χ0v) is 66.4. The Morgan fingerprint density at radius 1 is 0.308 bits per heavy atom. The van der Waals surface area contributed by atoms with Gasteiger partial charge in [0.2, 0.25) is 0 Å². The van der Waals surface area contributed by atoms with Crippen LogP contribution in [0.25, 0.3) is 124 Å². The summed E-state index contributed by atoms with van der Waals surface area (Å²) in [6, 6.07) is 137. The Labute approximate surface area is 689 Å². The molecule has 0 saturated heterocycles. The second-order valence-corrected chi connectivity index (χ2v) is 35.5. The lowest BCUT2D eigenvalue weighted by atomic mass is 9.70. The van der Waals surface area contributed by atoms with Crippen molar-refractivity contribution in [2.45, 2.75) is 49.4 Å². The lowest BCUT2D eigenvalue weighted by Gasteiger charge is -2.37. The molecule has 117 heavy (non-hydrogen) atoms. The Hall–Kier alpha value is -13.5. The molecule has 18 aromatic rings. The summed E-state index contributed by atoms with van der Waals surface area (Å²) >= 11 is 3.79. The number of hydrogen-bond acceptors (Lipinski definition) is 4. The highest BCUT2D eigenvalue weighted by Gasteiger charge is 2.55. The van der Waals surface area contributed by atoms with Crippen LogP contribution in [0.3, 0.4) is 0 Å². The van der Waals surface area contributed by atoms with E-state index in [1.165, 1.54) is 202 Å². The molecule has 2 unspecified atom stereocenters. The van der Waals surface area contributed by atoms with E-state index >= 15 is 0 Å². The van der Waals surface area contributed by atoms with Crippen LogP contribution in [0, 0.1) is 5.92 Å². The standard InChI is InChI=1S/C113H76N2S2/c1-111(2)93-38-11-3-26-81(93)85-65-63-78(68-101(85)111)115(77-61-54-71(55-62-77)80-35-21-37-90-88-31-10-18-49-106(88)117-110(80)90)104-47-23-45-100-108(104)92-33-8-16-43-98(92)113(100)96-41-14-6-29-84(96)86-64-56-74(67-102(86)113)73-25-19-24-72(66-73)69-50-57-75(58-51-69)114(76-59-52-70(53-60-76)79-34-20-36-89-87-30-9-17-48-105(87)116-109(79)89)103-46-22-44-99-107(103)91-32-7-15-42-97(91)112(99)94-39-12-4-27-82(94)83-28-5-13-40-95(83)112/h3-18,20-23,25-67,101H,19,24,68H2,1-2H3. The summed E-state index contributed by atoms with van der Waals surface area (Å²) in [6.07, 6.45) is 12.7. The van der Waals surface area contributed by atoms with E-state index in [-0.39, 0.29) is 5.41 Å². The third-order valence-electron chi connectivity index (χ3n) is 27.5. The van der Waals surface area contributed by atoms with Gasteiger partial charge in [-0.05, 0) is 243 Å². The third kappa shape index (κ3) is 9.37. The molecule has 7 aliphatic rings. The minimum Gasteiger partial charge on any atom is -0.314 e. The summed E-state index contributed by atoms with van der Waals surface area (Å²) in [5, 5.41) is 5.26. The largest absolute Gasteiger partial charge is 0.314 e. The average molecular weight is 1530 g/mol. The van der Waals surface area contributed by atoms with E-state index in [9.17, 15) is 0 Å². The Morgan fingerprint density at radius 3 is 1.24 bits per heavy atom. The normalized spacial score (nSPS) is 16.8. The molecular weight excluding hydrogens is 1450 g/mol. The topological polar surface area (TPSA) is 6.48 Å². The van der Waals surface area contributed by atoms with Crippen molar-refractivity contribution in [3.63, 3.8) is 0 Å². The summed E-state index contributed by atoms with van der Waals surface area (Å²) in [6.45, 7) is 4.94. The molecule has 2 aromatic heterocycles. The van der Waals surface area contributed by atoms with Crippen molar-refractivity contribution in [1.29, 1.82) is 0 Å². The first-order valence-electron chi connectivity index (χ1n) is 41.3. The fourth-order valence-corrected chi connectivity index (χ4v) is 25.0. The second-order valence-electron chi connectivity index (χ2n) is 33.4. The fraction of sp³-hybridized carbons (Fsp3) is 0.0796. The first kappa shape index (κ1) is 66.9. The maximum atomic E-state index is 2.65. The van der Waals surface area contributed by atoms with Crippen LogP contribution in [0.15, 0.2) is 388 Å². The molecule has 16 aromatic carbocycles. The first-order valence-corrected chi connectivity index (χ1v) is 43.0. The van der Waals surface area contributed by atoms with E-state index in [1.807, 2.05) is 22.7 Å². The summed E-state index contributed by atoms with van der Waals surface area (Å²) in [5.41, 5.74) is 41.2. The summed E-state index contributed by atoms with van der Waals surface area (Å²) in [4.78, 5) is 5.18. The Bertz CT molecular complexity index is 7410. The minimum absolute atomic E-state index is 0.0612. The van der Waals surface area contributed by atoms with Gasteiger partial charge in [0.05, 0.1) is 22.2 Å². The van der Waals surface area contributed by atoms with Crippen LogP contribution in [0.1, 0.15) is 99.9 Å². The number of benzene rings is 16. The molecule has 2 nitrogen and oxygen atoms in total. The van der Waals surface area contributed by atoms with Gasteiger partial charge < -0.3 is 9.80 Å². The van der Waals surface area contributed by atoms with Crippen molar-refractivity contribution >= 4 is 108 Å². The van der Waals surface area contributed by atoms with Crippen molar-refractivity contribution in [2.24, 2.45) is 5.92 Å². The van der Waals surface area contributed by atoms with Crippen molar-refractivity contribution in [1.82, 2.24) is 0 Å². The zero-order chi connectivity index (χ0) is 77.0. The Balaban J connectivity index is 0.607. The average Bonchev–Trinajstić information content (AvgIpc) is 1.51. The number of allylic oxidation sites excluding steroid dienone is 8.